The molecule has 28 heavy (non-hydrogen) atoms. The highest BCUT2D eigenvalue weighted by atomic mass is 19.1. The molecular formula is C22H29FN2O3. The van der Waals surface area contributed by atoms with Gasteiger partial charge in [0.1, 0.15) is 12.4 Å². The predicted molar refractivity (Wildman–Crippen MR) is 107 cm³/mol. The molecule has 1 aliphatic rings. The number of likely N-dealkylation sites (tertiary alicyclic amines) is 1. The van der Waals surface area contributed by atoms with Crippen LogP contribution < -0.4 is 14.8 Å². The predicted octanol–water partition coefficient (Wildman–Crippen LogP) is 2.96. The van der Waals surface area contributed by atoms with Gasteiger partial charge in [-0.1, -0.05) is 18.2 Å². The molecule has 152 valence electrons. The van der Waals surface area contributed by atoms with Crippen molar-refractivity contribution < 1.29 is 19.0 Å². The van der Waals surface area contributed by atoms with Crippen LogP contribution in [0.3, 0.4) is 0 Å². The van der Waals surface area contributed by atoms with E-state index in [4.69, 9.17) is 9.47 Å². The van der Waals surface area contributed by atoms with Gasteiger partial charge in [0, 0.05) is 19.6 Å². The standard InChI is InChI=1S/C22H29FN2O3/c1-27-22-12-18(13-24-14-20(26)15-25-10-2-3-11-25)6-9-21(22)28-16-17-4-7-19(23)8-5-17/h4-9,12,20,24,26H,2-3,10-11,13-16H2,1H3. The van der Waals surface area contributed by atoms with Crippen molar-refractivity contribution in [2.75, 3.05) is 33.3 Å². The molecule has 1 heterocycles. The van der Waals surface area contributed by atoms with Crippen molar-refractivity contribution in [2.45, 2.75) is 32.1 Å². The summed E-state index contributed by atoms with van der Waals surface area (Å²) in [5.41, 5.74) is 1.94. The number of β-amino-alcohol motifs (C(OH)–C–C–N with tert-alkyl or cyclic N) is 1. The van der Waals surface area contributed by atoms with Gasteiger partial charge in [-0.05, 0) is 61.3 Å². The molecule has 3 rings (SSSR count). The summed E-state index contributed by atoms with van der Waals surface area (Å²) in [7, 11) is 1.61. The van der Waals surface area contributed by atoms with Crippen molar-refractivity contribution in [1.82, 2.24) is 10.2 Å². The van der Waals surface area contributed by atoms with E-state index in [1.165, 1.54) is 25.0 Å². The van der Waals surface area contributed by atoms with E-state index in [1.54, 1.807) is 19.2 Å². The third-order valence-corrected chi connectivity index (χ3v) is 4.91. The van der Waals surface area contributed by atoms with Crippen LogP contribution in [0.25, 0.3) is 0 Å². The first kappa shape index (κ1) is 20.6. The molecule has 1 atom stereocenters. The molecule has 0 amide bonds. The first-order valence-electron chi connectivity index (χ1n) is 9.79. The summed E-state index contributed by atoms with van der Waals surface area (Å²) in [4.78, 5) is 2.31. The van der Waals surface area contributed by atoms with Crippen molar-refractivity contribution in [2.24, 2.45) is 0 Å². The second-order valence-electron chi connectivity index (χ2n) is 7.19. The maximum absolute atomic E-state index is 13.0. The van der Waals surface area contributed by atoms with Crippen LogP contribution in [0.1, 0.15) is 24.0 Å². The van der Waals surface area contributed by atoms with E-state index < -0.39 is 0 Å². The summed E-state index contributed by atoms with van der Waals surface area (Å²) >= 11 is 0. The lowest BCUT2D eigenvalue weighted by molar-refractivity contribution is 0.123. The minimum absolute atomic E-state index is 0.260. The third kappa shape index (κ3) is 6.19. The smallest absolute Gasteiger partial charge is 0.161 e. The molecule has 6 heteroatoms. The quantitative estimate of drug-likeness (QED) is 0.655. The molecule has 0 aliphatic carbocycles. The molecule has 1 unspecified atom stereocenters. The van der Waals surface area contributed by atoms with Crippen molar-refractivity contribution >= 4 is 0 Å². The van der Waals surface area contributed by atoms with Crippen LogP contribution in [0.15, 0.2) is 42.5 Å². The van der Waals surface area contributed by atoms with Crippen molar-refractivity contribution in [3.05, 3.63) is 59.4 Å². The fraction of sp³-hybridized carbons (Fsp3) is 0.455. The number of benzene rings is 2. The van der Waals surface area contributed by atoms with Crippen LogP contribution in [-0.2, 0) is 13.2 Å². The summed E-state index contributed by atoms with van der Waals surface area (Å²) in [6, 6.07) is 12.0. The van der Waals surface area contributed by atoms with Crippen molar-refractivity contribution in [3.63, 3.8) is 0 Å². The molecule has 2 aromatic carbocycles. The molecule has 1 aliphatic heterocycles. The summed E-state index contributed by atoms with van der Waals surface area (Å²) in [6.45, 7) is 4.46. The van der Waals surface area contributed by atoms with Gasteiger partial charge < -0.3 is 24.8 Å². The molecule has 0 bridgehead atoms. The minimum Gasteiger partial charge on any atom is -0.493 e. The number of aliphatic hydroxyl groups excluding tert-OH is 1. The van der Waals surface area contributed by atoms with E-state index in [0.29, 0.717) is 31.2 Å². The fourth-order valence-corrected chi connectivity index (χ4v) is 3.39. The van der Waals surface area contributed by atoms with Gasteiger partial charge in [-0.15, -0.1) is 0 Å². The van der Waals surface area contributed by atoms with E-state index in [9.17, 15) is 9.50 Å². The first-order valence-corrected chi connectivity index (χ1v) is 9.79. The molecule has 2 N–H and O–H groups in total. The Morgan fingerprint density at radius 1 is 1.07 bits per heavy atom. The number of hydrogen-bond donors (Lipinski definition) is 2. The van der Waals surface area contributed by atoms with Gasteiger partial charge in [-0.3, -0.25) is 0 Å². The number of halogens is 1. The number of nitrogens with zero attached hydrogens (tertiary/aromatic N) is 1. The Balaban J connectivity index is 1.47. The topological polar surface area (TPSA) is 54.0 Å². The summed E-state index contributed by atoms with van der Waals surface area (Å²) < 4.78 is 24.2. The maximum Gasteiger partial charge on any atom is 0.161 e. The zero-order valence-electron chi connectivity index (χ0n) is 16.4. The fourth-order valence-electron chi connectivity index (χ4n) is 3.39. The number of nitrogens with one attached hydrogen (secondary N) is 1. The van der Waals surface area contributed by atoms with Gasteiger partial charge in [0.2, 0.25) is 0 Å². The second-order valence-corrected chi connectivity index (χ2v) is 7.19. The molecule has 0 aromatic heterocycles. The lowest BCUT2D eigenvalue weighted by atomic mass is 10.2. The molecule has 0 radical (unpaired) electrons. The van der Waals surface area contributed by atoms with E-state index in [-0.39, 0.29) is 11.9 Å². The Labute approximate surface area is 166 Å². The van der Waals surface area contributed by atoms with Gasteiger partial charge >= 0.3 is 0 Å². The van der Waals surface area contributed by atoms with Crippen LogP contribution >= 0.6 is 0 Å². The van der Waals surface area contributed by atoms with Gasteiger partial charge in [-0.25, -0.2) is 4.39 Å². The molecule has 0 spiro atoms. The van der Waals surface area contributed by atoms with Gasteiger partial charge in [-0.2, -0.15) is 0 Å². The Bertz CT molecular complexity index is 733. The van der Waals surface area contributed by atoms with Crippen molar-refractivity contribution in [1.29, 1.82) is 0 Å². The normalized spacial score (nSPS) is 15.5. The number of hydrogen-bond acceptors (Lipinski definition) is 5. The van der Waals surface area contributed by atoms with Gasteiger partial charge in [0.25, 0.3) is 0 Å². The minimum atomic E-state index is -0.363. The summed E-state index contributed by atoms with van der Waals surface area (Å²) in [5.74, 6) is 1.03. The number of ether oxygens (including phenoxy) is 2. The monoisotopic (exact) mass is 388 g/mol. The van der Waals surface area contributed by atoms with Gasteiger partial charge in [0.15, 0.2) is 11.5 Å². The third-order valence-electron chi connectivity index (χ3n) is 4.91. The molecule has 5 nitrogen and oxygen atoms in total. The largest absolute Gasteiger partial charge is 0.493 e. The Morgan fingerprint density at radius 2 is 1.79 bits per heavy atom. The molecule has 2 aromatic rings. The maximum atomic E-state index is 13.0. The van der Waals surface area contributed by atoms with Crippen LogP contribution in [0, 0.1) is 5.82 Å². The summed E-state index contributed by atoms with van der Waals surface area (Å²) in [6.07, 6.45) is 2.10. The Morgan fingerprint density at radius 3 is 2.50 bits per heavy atom. The van der Waals surface area contributed by atoms with Crippen molar-refractivity contribution in [3.8, 4) is 11.5 Å². The van der Waals surface area contributed by atoms with Gasteiger partial charge in [0.05, 0.1) is 13.2 Å². The highest BCUT2D eigenvalue weighted by Gasteiger charge is 2.15. The van der Waals surface area contributed by atoms with E-state index in [2.05, 4.69) is 10.2 Å². The van der Waals surface area contributed by atoms with E-state index in [0.717, 1.165) is 30.8 Å². The molecule has 1 saturated heterocycles. The Kier molecular flexibility index (Phi) is 7.65. The van der Waals surface area contributed by atoms with Crippen LogP contribution in [0.4, 0.5) is 4.39 Å². The van der Waals surface area contributed by atoms with Crippen LogP contribution in [0.2, 0.25) is 0 Å². The zero-order chi connectivity index (χ0) is 19.8. The molecular weight excluding hydrogens is 359 g/mol. The first-order chi connectivity index (χ1) is 13.6. The average molecular weight is 388 g/mol. The SMILES string of the molecule is COc1cc(CNCC(O)CN2CCCC2)ccc1OCc1ccc(F)cc1. The number of aliphatic hydroxyl groups is 1. The molecule has 0 saturated carbocycles. The molecule has 1 fully saturated rings. The number of methoxy groups -OCH3 is 1. The van der Waals surface area contributed by atoms with Crippen LogP contribution in [-0.4, -0.2) is 49.4 Å². The van der Waals surface area contributed by atoms with Crippen LogP contribution in [0.5, 0.6) is 11.5 Å². The number of rotatable bonds is 10. The zero-order valence-corrected chi connectivity index (χ0v) is 16.4. The Hall–Kier alpha value is -2.15. The van der Waals surface area contributed by atoms with E-state index >= 15 is 0 Å². The lowest BCUT2D eigenvalue weighted by Gasteiger charge is -2.19. The highest BCUT2D eigenvalue weighted by molar-refractivity contribution is 5.43. The second kappa shape index (κ2) is 10.4. The summed E-state index contributed by atoms with van der Waals surface area (Å²) in [5, 5.41) is 13.5. The lowest BCUT2D eigenvalue weighted by Crippen LogP contribution is -2.36. The van der Waals surface area contributed by atoms with E-state index in [1.807, 2.05) is 18.2 Å². The average Bonchev–Trinajstić information content (AvgIpc) is 3.21. The highest BCUT2D eigenvalue weighted by Crippen LogP contribution is 2.29.